The van der Waals surface area contributed by atoms with E-state index in [0.717, 1.165) is 110 Å². The van der Waals surface area contributed by atoms with Crippen LogP contribution in [0.3, 0.4) is 0 Å². The Balaban J connectivity index is 0.000000222. The normalized spacial score (nSPS) is 14.9. The fraction of sp³-hybridized carbons (Fsp3) is 0.586. The van der Waals surface area contributed by atoms with Gasteiger partial charge in [-0.15, -0.1) is 12.4 Å². The predicted molar refractivity (Wildman–Crippen MR) is 352 cm³/mol. The van der Waals surface area contributed by atoms with Gasteiger partial charge < -0.3 is 33.5 Å². The van der Waals surface area contributed by atoms with Gasteiger partial charge in [-0.2, -0.15) is 15.3 Å². The van der Waals surface area contributed by atoms with Crippen LogP contribution < -0.4 is 14.2 Å². The molecule has 0 atom stereocenters. The molecule has 3 aliphatic carbocycles. The van der Waals surface area contributed by atoms with Crippen molar-refractivity contribution in [2.75, 3.05) is 14.1 Å². The van der Waals surface area contributed by atoms with Gasteiger partial charge in [0.25, 0.3) is 0 Å². The second kappa shape index (κ2) is 35.4. The first kappa shape index (κ1) is 75.6. The Hall–Kier alpha value is -6.42. The number of hydrogen-bond donors (Lipinski definition) is 0. The van der Waals surface area contributed by atoms with E-state index in [2.05, 4.69) is 22.9 Å². The number of aromatic nitrogens is 6. The Morgan fingerprint density at radius 3 is 1.17 bits per heavy atom. The largest absolute Gasteiger partial charge is 0.473 e. The maximum absolute atomic E-state index is 14.1. The van der Waals surface area contributed by atoms with Gasteiger partial charge >= 0.3 is 12.2 Å². The van der Waals surface area contributed by atoms with Gasteiger partial charge in [-0.25, -0.2) is 50.0 Å². The minimum absolute atomic E-state index is 0. The molecule has 0 spiro atoms. The molecule has 3 aliphatic rings. The first-order valence-electron chi connectivity index (χ1n) is 32.6. The molecule has 2 amide bonds. The Bertz CT molecular complexity index is 3210. The number of benzene rings is 3. The third-order valence-corrected chi connectivity index (χ3v) is 17.4. The Morgan fingerprint density at radius 1 is 0.505 bits per heavy atom. The lowest BCUT2D eigenvalue weighted by Crippen LogP contribution is -2.34. The van der Waals surface area contributed by atoms with Crippen molar-refractivity contribution < 1.29 is 59.6 Å². The quantitative estimate of drug-likeness (QED) is 0.0640. The summed E-state index contributed by atoms with van der Waals surface area (Å²) < 4.78 is 118. The van der Waals surface area contributed by atoms with Crippen molar-refractivity contribution in [3.05, 3.63) is 139 Å². The molecule has 15 nitrogen and oxygen atoms in total. The Morgan fingerprint density at radius 2 is 0.817 bits per heavy atom. The van der Waals surface area contributed by atoms with Crippen LogP contribution in [0.4, 0.5) is 35.9 Å². The van der Waals surface area contributed by atoms with Crippen molar-refractivity contribution in [2.24, 2.45) is 17.8 Å². The van der Waals surface area contributed by atoms with Crippen molar-refractivity contribution in [3.8, 4) is 17.6 Å². The molecule has 93 heavy (non-hydrogen) atoms. The molecule has 9 rings (SSSR count). The molecule has 3 aromatic heterocycles. The van der Waals surface area contributed by atoms with Gasteiger partial charge in [0.05, 0.1) is 24.5 Å². The number of carbonyl (C=O) groups excluding carboxylic acids is 2. The Labute approximate surface area is 560 Å². The number of amides is 2. The van der Waals surface area contributed by atoms with E-state index in [1.807, 2.05) is 64.8 Å². The van der Waals surface area contributed by atoms with Gasteiger partial charge in [0, 0.05) is 61.5 Å². The molecule has 6 aromatic rings. The fourth-order valence-electron chi connectivity index (χ4n) is 11.7. The number of carbonyl (C=O) groups is 2. The second-order valence-corrected chi connectivity index (χ2v) is 27.7. The summed E-state index contributed by atoms with van der Waals surface area (Å²) in [5.41, 5.74) is 3.42. The van der Waals surface area contributed by atoms with Crippen LogP contribution in [0.25, 0.3) is 0 Å². The highest BCUT2D eigenvalue weighted by molar-refractivity contribution is 9.10. The molecule has 3 aromatic carbocycles. The van der Waals surface area contributed by atoms with E-state index >= 15 is 0 Å². The van der Waals surface area contributed by atoms with E-state index in [1.165, 1.54) is 86.5 Å². The van der Waals surface area contributed by atoms with E-state index in [0.29, 0.717) is 64.3 Å². The molecule has 3 heterocycles. The van der Waals surface area contributed by atoms with Crippen LogP contribution in [0, 0.1) is 66.5 Å². The monoisotopic (exact) mass is 1390 g/mol. The first-order valence-corrected chi connectivity index (χ1v) is 33.4. The summed E-state index contributed by atoms with van der Waals surface area (Å²) in [6.07, 6.45) is 19.1. The third kappa shape index (κ3) is 23.2. The molecule has 3 saturated carbocycles. The summed E-state index contributed by atoms with van der Waals surface area (Å²) in [6.45, 7) is 19.3. The molecular weight excluding hydrogens is 1290 g/mol. The smallest absolute Gasteiger partial charge is 0.410 e. The van der Waals surface area contributed by atoms with Crippen molar-refractivity contribution in [1.29, 1.82) is 0 Å². The van der Waals surface area contributed by atoms with Gasteiger partial charge in [0.1, 0.15) is 76.1 Å². The van der Waals surface area contributed by atoms with Gasteiger partial charge in [0.2, 0.25) is 17.6 Å². The lowest BCUT2D eigenvalue weighted by atomic mass is 9.89. The number of nitrogens with zero attached hydrogens (tertiary/aromatic N) is 8. The summed E-state index contributed by atoms with van der Waals surface area (Å²) in [5.74, 6) is 0.250. The van der Waals surface area contributed by atoms with Crippen molar-refractivity contribution in [2.45, 2.75) is 235 Å². The van der Waals surface area contributed by atoms with Crippen molar-refractivity contribution in [1.82, 2.24) is 39.1 Å². The van der Waals surface area contributed by atoms with Gasteiger partial charge in [-0.3, -0.25) is 0 Å². The lowest BCUT2D eigenvalue weighted by Gasteiger charge is -2.24. The summed E-state index contributed by atoms with van der Waals surface area (Å²) >= 11 is 3.56. The zero-order valence-electron chi connectivity index (χ0n) is 56.1. The van der Waals surface area contributed by atoms with E-state index in [4.69, 9.17) is 39.0 Å². The van der Waals surface area contributed by atoms with E-state index in [1.54, 1.807) is 18.8 Å². The highest BCUT2D eigenvalue weighted by Gasteiger charge is 2.29. The minimum atomic E-state index is -0.605. The molecule has 0 unspecified atom stereocenters. The average molecular weight is 1390 g/mol. The SMILES string of the molecule is CCCc1nn(CC2CCCCC2)c(OCc2cc(F)ccc2F)c1C.CN(Cc1nn(CC2CCCCC2)c(OCc2cc(F)ccc2F)c1Br)C(=O)OC(C)(C)C.Cc1c(CN(C)C(=O)OC(C)(C)C)nn(CC2CCCCC2)c1OCc1cc(F)ccc1F.Cl. The fourth-order valence-corrected chi connectivity index (χ4v) is 12.3. The summed E-state index contributed by atoms with van der Waals surface area (Å²) in [4.78, 5) is 27.7. The number of aryl methyl sites for hydroxylation is 1. The molecule has 0 aliphatic heterocycles. The predicted octanol–water partition coefficient (Wildman–Crippen LogP) is 18.4. The zero-order valence-corrected chi connectivity index (χ0v) is 58.5. The van der Waals surface area contributed by atoms with Gasteiger partial charge in [0.15, 0.2) is 0 Å². The highest BCUT2D eigenvalue weighted by atomic mass is 79.9. The molecule has 0 bridgehead atoms. The second-order valence-electron chi connectivity index (χ2n) is 26.9. The number of rotatable bonds is 21. The third-order valence-electron chi connectivity index (χ3n) is 16.6. The van der Waals surface area contributed by atoms with Crippen LogP contribution in [-0.4, -0.2) is 76.6 Å². The maximum atomic E-state index is 14.1. The maximum Gasteiger partial charge on any atom is 0.410 e. The molecule has 0 radical (unpaired) electrons. The molecule has 0 N–H and O–H groups in total. The van der Waals surface area contributed by atoms with Gasteiger partial charge in [-0.1, -0.05) is 71.1 Å². The summed E-state index contributed by atoms with van der Waals surface area (Å²) in [6, 6.07) is 10.1. The Kier molecular flexibility index (Phi) is 28.7. The van der Waals surface area contributed by atoms with Crippen LogP contribution in [0.2, 0.25) is 0 Å². The topological polar surface area (TPSA) is 140 Å². The number of halogens is 8. The lowest BCUT2D eigenvalue weighted by molar-refractivity contribution is 0.0272. The van der Waals surface area contributed by atoms with Crippen LogP contribution in [0.5, 0.6) is 17.6 Å². The van der Waals surface area contributed by atoms with Crippen LogP contribution in [0.15, 0.2) is 59.1 Å². The van der Waals surface area contributed by atoms with Crippen LogP contribution >= 0.6 is 28.3 Å². The molecule has 3 fully saturated rings. The summed E-state index contributed by atoms with van der Waals surface area (Å²) in [5, 5.41) is 14.2. The first-order chi connectivity index (χ1) is 43.6. The summed E-state index contributed by atoms with van der Waals surface area (Å²) in [7, 11) is 3.31. The van der Waals surface area contributed by atoms with Crippen LogP contribution in [-0.2, 0) is 68.4 Å². The van der Waals surface area contributed by atoms with Crippen molar-refractivity contribution >= 4 is 40.5 Å². The minimum Gasteiger partial charge on any atom is -0.473 e. The molecule has 23 heteroatoms. The van der Waals surface area contributed by atoms with E-state index < -0.39 is 58.3 Å². The van der Waals surface area contributed by atoms with E-state index in [9.17, 15) is 35.9 Å². The molecule has 514 valence electrons. The molecular formula is C70H96BrClF6N8O7. The zero-order chi connectivity index (χ0) is 66.9. The van der Waals surface area contributed by atoms with E-state index in [-0.39, 0.29) is 62.0 Å². The number of ether oxygens (including phenoxy) is 5. The average Bonchev–Trinajstić information content (AvgIpc) is 1.70. The number of hydrogen-bond acceptors (Lipinski definition) is 10. The standard InChI is InChI=1S/C25H35F2N3O3.C24H32BrF2N3O3.C21H28F2N2O.ClH/c1-17-22(15-29(5)24(31)33-25(2,3)4)28-30(14-18-9-7-6-8-10-18)23(17)32-16-19-13-20(26)11-12-21(19)27;1-24(2,3)33-23(31)29(4)14-20-21(25)22(30(28-20)13-16-8-6-5-7-9-16)32-15-17-12-18(26)10-11-19(17)27;1-3-7-20-15(2)21(25(24-20)13-16-8-5-4-6-9-16)26-14-17-12-18(22)10-11-19(17)23;/h11-13,18H,6-10,14-16H2,1-5H3;10-12,16H,5-9,13-15H2,1-4H3;10-12,16H,3-9,13-14H2,1-2H3;1H. The van der Waals surface area contributed by atoms with Crippen molar-refractivity contribution in [3.63, 3.8) is 0 Å². The van der Waals surface area contributed by atoms with Gasteiger partial charge in [-0.05, 0) is 189 Å². The molecule has 0 saturated heterocycles. The highest BCUT2D eigenvalue weighted by Crippen LogP contribution is 2.36. The van der Waals surface area contributed by atoms with Crippen LogP contribution in [0.1, 0.15) is 196 Å².